The van der Waals surface area contributed by atoms with Crippen molar-refractivity contribution in [3.05, 3.63) is 35.0 Å². The molecule has 0 unspecified atom stereocenters. The first-order chi connectivity index (χ1) is 16.2. The average molecular weight is 492 g/mol. The van der Waals surface area contributed by atoms with E-state index in [9.17, 15) is 9.59 Å². The van der Waals surface area contributed by atoms with Gasteiger partial charge in [0.1, 0.15) is 5.60 Å². The van der Waals surface area contributed by atoms with Gasteiger partial charge < -0.3 is 24.7 Å². The summed E-state index contributed by atoms with van der Waals surface area (Å²) >= 11 is 6.14. The van der Waals surface area contributed by atoms with Crippen LogP contribution in [0.2, 0.25) is 5.02 Å². The van der Waals surface area contributed by atoms with Gasteiger partial charge in [0.2, 0.25) is 0 Å². The normalized spacial score (nSPS) is 16.0. The number of halogens is 1. The summed E-state index contributed by atoms with van der Waals surface area (Å²) in [6, 6.07) is 5.45. The molecule has 0 saturated carbocycles. The van der Waals surface area contributed by atoms with Crippen LogP contribution in [0.25, 0.3) is 10.9 Å². The van der Waals surface area contributed by atoms with E-state index in [0.29, 0.717) is 42.8 Å². The standard InChI is InChI=1S/C26H38ClN3O4/c1-5-6-7-20(29-24(31)19-8-9-21-22(27)15-28-23(21)14-19)17-33-16-18-10-12-30(13-11-18)25(32)34-26(2,3)4/h8-9,14-15,18,20,28H,5-7,10-13,16-17H2,1-4H3,(H,29,31)/t20-/m0/s1. The van der Waals surface area contributed by atoms with Crippen molar-refractivity contribution in [3.8, 4) is 0 Å². The van der Waals surface area contributed by atoms with E-state index in [1.54, 1.807) is 17.2 Å². The van der Waals surface area contributed by atoms with E-state index in [2.05, 4.69) is 17.2 Å². The number of aromatic nitrogens is 1. The van der Waals surface area contributed by atoms with Crippen LogP contribution in [0, 0.1) is 5.92 Å². The lowest BCUT2D eigenvalue weighted by molar-refractivity contribution is 0.0103. The number of H-pyrrole nitrogens is 1. The van der Waals surface area contributed by atoms with Gasteiger partial charge in [-0.1, -0.05) is 37.4 Å². The van der Waals surface area contributed by atoms with Crippen molar-refractivity contribution in [2.24, 2.45) is 5.92 Å². The predicted molar refractivity (Wildman–Crippen MR) is 135 cm³/mol. The molecule has 2 aromatic rings. The van der Waals surface area contributed by atoms with Crippen LogP contribution in [0.1, 0.15) is 70.2 Å². The van der Waals surface area contributed by atoms with E-state index in [1.165, 1.54) is 0 Å². The summed E-state index contributed by atoms with van der Waals surface area (Å²) in [6.07, 6.45) is 6.22. The Hall–Kier alpha value is -2.25. The monoisotopic (exact) mass is 491 g/mol. The third-order valence-electron chi connectivity index (χ3n) is 6.07. The van der Waals surface area contributed by atoms with Crippen molar-refractivity contribution >= 4 is 34.5 Å². The Kier molecular flexibility index (Phi) is 9.25. The Morgan fingerprint density at radius 1 is 1.26 bits per heavy atom. The molecule has 7 nitrogen and oxygen atoms in total. The topological polar surface area (TPSA) is 83.7 Å². The Balaban J connectivity index is 1.46. The van der Waals surface area contributed by atoms with Crippen LogP contribution in [0.4, 0.5) is 4.79 Å². The molecule has 0 bridgehead atoms. The summed E-state index contributed by atoms with van der Waals surface area (Å²) in [5.41, 5.74) is 0.966. The number of aromatic amines is 1. The van der Waals surface area contributed by atoms with Gasteiger partial charge in [-0.15, -0.1) is 0 Å². The smallest absolute Gasteiger partial charge is 0.410 e. The number of unbranched alkanes of at least 4 members (excludes halogenated alkanes) is 1. The average Bonchev–Trinajstić information content (AvgIpc) is 3.16. The molecule has 0 spiro atoms. The Bertz CT molecular complexity index is 961. The lowest BCUT2D eigenvalue weighted by Gasteiger charge is -2.33. The molecule has 188 valence electrons. The van der Waals surface area contributed by atoms with Gasteiger partial charge in [0, 0.05) is 42.4 Å². The molecular weight excluding hydrogens is 454 g/mol. The van der Waals surface area contributed by atoms with Gasteiger partial charge in [0.15, 0.2) is 0 Å². The Labute approximate surface area is 207 Å². The van der Waals surface area contributed by atoms with Crippen molar-refractivity contribution in [2.75, 3.05) is 26.3 Å². The van der Waals surface area contributed by atoms with E-state index < -0.39 is 5.60 Å². The van der Waals surface area contributed by atoms with Gasteiger partial charge in [-0.05, 0) is 58.1 Å². The highest BCUT2D eigenvalue weighted by atomic mass is 35.5. The predicted octanol–water partition coefficient (Wildman–Crippen LogP) is 5.77. The van der Waals surface area contributed by atoms with Gasteiger partial charge in [-0.2, -0.15) is 0 Å². The number of fused-ring (bicyclic) bond motifs is 1. The lowest BCUT2D eigenvalue weighted by Crippen LogP contribution is -2.43. The van der Waals surface area contributed by atoms with Crippen molar-refractivity contribution in [1.29, 1.82) is 0 Å². The zero-order valence-electron chi connectivity index (χ0n) is 20.8. The number of carbonyl (C=O) groups is 2. The first-order valence-corrected chi connectivity index (χ1v) is 12.7. The quantitative estimate of drug-likeness (QED) is 0.466. The number of likely N-dealkylation sites (tertiary alicyclic amines) is 1. The van der Waals surface area contributed by atoms with Crippen LogP contribution in [0.5, 0.6) is 0 Å². The third kappa shape index (κ3) is 7.64. The van der Waals surface area contributed by atoms with Gasteiger partial charge in [-0.3, -0.25) is 4.79 Å². The summed E-state index contributed by atoms with van der Waals surface area (Å²) in [6.45, 7) is 10.3. The molecule has 1 aromatic heterocycles. The zero-order valence-corrected chi connectivity index (χ0v) is 21.5. The van der Waals surface area contributed by atoms with Gasteiger partial charge in [0.05, 0.1) is 17.7 Å². The van der Waals surface area contributed by atoms with Gasteiger partial charge in [-0.25, -0.2) is 4.79 Å². The molecule has 1 aliphatic heterocycles. The minimum atomic E-state index is -0.477. The fourth-order valence-electron chi connectivity index (χ4n) is 4.13. The molecule has 34 heavy (non-hydrogen) atoms. The van der Waals surface area contributed by atoms with E-state index in [-0.39, 0.29) is 18.0 Å². The fraction of sp³-hybridized carbons (Fsp3) is 0.615. The summed E-state index contributed by atoms with van der Waals surface area (Å²) < 4.78 is 11.5. The maximum atomic E-state index is 12.9. The number of carbonyl (C=O) groups excluding carboxylic acids is 2. The number of rotatable bonds is 9. The summed E-state index contributed by atoms with van der Waals surface area (Å²) in [5, 5.41) is 4.69. The van der Waals surface area contributed by atoms with Crippen LogP contribution in [-0.4, -0.2) is 59.8 Å². The minimum Gasteiger partial charge on any atom is -0.444 e. The molecule has 2 amide bonds. The van der Waals surface area contributed by atoms with E-state index in [1.807, 2.05) is 32.9 Å². The number of amides is 2. The SMILES string of the molecule is CCCC[C@@H](COCC1CCN(C(=O)OC(C)(C)C)CC1)NC(=O)c1ccc2c(Cl)c[nH]c2c1. The number of benzene rings is 1. The maximum Gasteiger partial charge on any atom is 0.410 e. The van der Waals surface area contributed by atoms with E-state index in [0.717, 1.165) is 43.0 Å². The molecular formula is C26H38ClN3O4. The Morgan fingerprint density at radius 2 is 2.00 bits per heavy atom. The number of nitrogens with one attached hydrogen (secondary N) is 2. The highest BCUT2D eigenvalue weighted by Crippen LogP contribution is 2.24. The van der Waals surface area contributed by atoms with Crippen LogP contribution in [0.15, 0.2) is 24.4 Å². The molecule has 1 aliphatic rings. The molecule has 1 atom stereocenters. The number of ether oxygens (including phenoxy) is 2. The summed E-state index contributed by atoms with van der Waals surface area (Å²) in [7, 11) is 0. The first-order valence-electron chi connectivity index (χ1n) is 12.3. The second-order valence-corrected chi connectivity index (χ2v) is 10.6. The minimum absolute atomic E-state index is 0.0442. The van der Waals surface area contributed by atoms with Crippen molar-refractivity contribution in [3.63, 3.8) is 0 Å². The van der Waals surface area contributed by atoms with Crippen LogP contribution in [0.3, 0.4) is 0 Å². The fourth-order valence-corrected chi connectivity index (χ4v) is 4.35. The van der Waals surface area contributed by atoms with Crippen LogP contribution < -0.4 is 5.32 Å². The van der Waals surface area contributed by atoms with Crippen molar-refractivity contribution < 1.29 is 19.1 Å². The molecule has 1 fully saturated rings. The van der Waals surface area contributed by atoms with E-state index >= 15 is 0 Å². The molecule has 0 radical (unpaired) electrons. The largest absolute Gasteiger partial charge is 0.444 e. The number of hydrogen-bond donors (Lipinski definition) is 2. The molecule has 2 N–H and O–H groups in total. The van der Waals surface area contributed by atoms with Crippen LogP contribution in [-0.2, 0) is 9.47 Å². The highest BCUT2D eigenvalue weighted by molar-refractivity contribution is 6.35. The van der Waals surface area contributed by atoms with Crippen molar-refractivity contribution in [2.45, 2.75) is 71.4 Å². The molecule has 1 aromatic carbocycles. The van der Waals surface area contributed by atoms with Crippen LogP contribution >= 0.6 is 11.6 Å². The second kappa shape index (κ2) is 11.9. The van der Waals surface area contributed by atoms with Gasteiger partial charge in [0.25, 0.3) is 5.91 Å². The Morgan fingerprint density at radius 3 is 2.68 bits per heavy atom. The second-order valence-electron chi connectivity index (χ2n) is 10.2. The zero-order chi connectivity index (χ0) is 24.7. The molecule has 3 rings (SSSR count). The van der Waals surface area contributed by atoms with Gasteiger partial charge >= 0.3 is 6.09 Å². The molecule has 0 aliphatic carbocycles. The number of nitrogens with zero attached hydrogens (tertiary/aromatic N) is 1. The number of piperidine rings is 1. The summed E-state index contributed by atoms with van der Waals surface area (Å²) in [4.78, 5) is 30.0. The lowest BCUT2D eigenvalue weighted by atomic mass is 9.98. The number of hydrogen-bond acceptors (Lipinski definition) is 4. The third-order valence-corrected chi connectivity index (χ3v) is 6.39. The first kappa shape index (κ1) is 26.4. The van der Waals surface area contributed by atoms with Crippen molar-refractivity contribution in [1.82, 2.24) is 15.2 Å². The van der Waals surface area contributed by atoms with E-state index in [4.69, 9.17) is 21.1 Å². The molecule has 8 heteroatoms. The molecule has 2 heterocycles. The summed E-state index contributed by atoms with van der Waals surface area (Å²) in [5.74, 6) is 0.296. The maximum absolute atomic E-state index is 12.9. The molecule has 1 saturated heterocycles. The highest BCUT2D eigenvalue weighted by Gasteiger charge is 2.27.